The Kier molecular flexibility index (Phi) is 7.45. The van der Waals surface area contributed by atoms with Gasteiger partial charge in [-0.15, -0.1) is 0 Å². The van der Waals surface area contributed by atoms with E-state index in [1.807, 2.05) is 0 Å². The number of carbonyl (C=O) groups excluding carboxylic acids is 2. The van der Waals surface area contributed by atoms with Gasteiger partial charge in [0, 0.05) is 56.9 Å². The highest BCUT2D eigenvalue weighted by atomic mass is 19.4. The summed E-state index contributed by atoms with van der Waals surface area (Å²) in [5, 5.41) is 0. The normalized spacial score (nSPS) is 22.9. The van der Waals surface area contributed by atoms with E-state index in [4.69, 9.17) is 4.74 Å². The predicted octanol–water partition coefficient (Wildman–Crippen LogP) is 5.53. The third kappa shape index (κ3) is 5.61. The molecule has 3 heterocycles. The van der Waals surface area contributed by atoms with E-state index in [1.165, 1.54) is 17.0 Å². The number of halogens is 7. The molecule has 0 saturated carbocycles. The molecule has 0 spiro atoms. The number of anilines is 1. The summed E-state index contributed by atoms with van der Waals surface area (Å²) in [5.41, 5.74) is -2.87. The predicted molar refractivity (Wildman–Crippen MR) is 129 cm³/mol. The zero-order chi connectivity index (χ0) is 28.8. The van der Waals surface area contributed by atoms with E-state index in [-0.39, 0.29) is 44.1 Å². The summed E-state index contributed by atoms with van der Waals surface area (Å²) in [4.78, 5) is 30.8. The first-order chi connectivity index (χ1) is 18.8. The van der Waals surface area contributed by atoms with Gasteiger partial charge < -0.3 is 14.5 Å². The van der Waals surface area contributed by atoms with E-state index in [9.17, 15) is 40.3 Å². The molecule has 2 atom stereocenters. The lowest BCUT2D eigenvalue weighted by atomic mass is 9.93. The SMILES string of the molecule is O=C(C1CCOCC1)N1CC(c2ccc(F)cc2)C(N2CCN(c3cc(C(F)(F)F)cc(C(F)(F)F)c3)C2=O)C1. The molecule has 3 fully saturated rings. The van der Waals surface area contributed by atoms with E-state index in [0.717, 1.165) is 4.90 Å². The third-order valence-electron chi connectivity index (χ3n) is 7.79. The molecule has 2 aromatic carbocycles. The van der Waals surface area contributed by atoms with E-state index in [1.54, 1.807) is 17.0 Å². The molecule has 2 unspecified atom stereocenters. The topological polar surface area (TPSA) is 53.1 Å². The quantitative estimate of drug-likeness (QED) is 0.453. The smallest absolute Gasteiger partial charge is 0.381 e. The number of hydrogen-bond acceptors (Lipinski definition) is 3. The Bertz CT molecular complexity index is 1230. The maximum absolute atomic E-state index is 13.6. The summed E-state index contributed by atoms with van der Waals surface area (Å²) < 4.78 is 99.6. The number of hydrogen-bond donors (Lipinski definition) is 0. The molecule has 0 radical (unpaired) electrons. The van der Waals surface area contributed by atoms with Crippen LogP contribution in [0.15, 0.2) is 42.5 Å². The molecule has 0 bridgehead atoms. The Morgan fingerprint density at radius 2 is 1.45 bits per heavy atom. The van der Waals surface area contributed by atoms with Gasteiger partial charge in [0.05, 0.1) is 17.2 Å². The van der Waals surface area contributed by atoms with Gasteiger partial charge in [-0.25, -0.2) is 9.18 Å². The summed E-state index contributed by atoms with van der Waals surface area (Å²) in [6.07, 6.45) is -9.01. The number of rotatable bonds is 4. The van der Waals surface area contributed by atoms with Gasteiger partial charge >= 0.3 is 18.4 Å². The van der Waals surface area contributed by atoms with Gasteiger partial charge in [0.25, 0.3) is 0 Å². The first-order valence-corrected chi connectivity index (χ1v) is 12.8. The van der Waals surface area contributed by atoms with Crippen LogP contribution >= 0.6 is 0 Å². The molecule has 0 aromatic heterocycles. The highest BCUT2D eigenvalue weighted by molar-refractivity contribution is 5.95. The van der Waals surface area contributed by atoms with E-state index in [2.05, 4.69) is 0 Å². The Hall–Kier alpha value is -3.35. The van der Waals surface area contributed by atoms with Crippen molar-refractivity contribution in [2.45, 2.75) is 37.2 Å². The zero-order valence-corrected chi connectivity index (χ0v) is 21.1. The van der Waals surface area contributed by atoms with Crippen LogP contribution in [-0.4, -0.2) is 67.2 Å². The molecule has 6 nitrogen and oxygen atoms in total. The Balaban J connectivity index is 1.44. The number of urea groups is 1. The zero-order valence-electron chi connectivity index (χ0n) is 21.1. The minimum atomic E-state index is -5.05. The lowest BCUT2D eigenvalue weighted by molar-refractivity contribution is -0.143. The lowest BCUT2D eigenvalue weighted by Gasteiger charge is -2.29. The van der Waals surface area contributed by atoms with E-state index >= 15 is 0 Å². The number of carbonyl (C=O) groups is 2. The van der Waals surface area contributed by atoms with Gasteiger partial charge in [-0.1, -0.05) is 12.1 Å². The molecule has 3 saturated heterocycles. The van der Waals surface area contributed by atoms with Crippen LogP contribution < -0.4 is 4.90 Å². The standard InChI is InChI=1S/C27H26F7N3O3/c28-20-3-1-16(2-4-20)22-14-35(24(38)17-5-9-40-10-6-17)15-23(22)37-8-7-36(25(37)39)21-12-18(26(29,30)31)11-19(13-21)27(32,33)34/h1-4,11-13,17,22-23H,5-10,14-15H2. The van der Waals surface area contributed by atoms with Crippen LogP contribution in [0.1, 0.15) is 35.4 Å². The Morgan fingerprint density at radius 1 is 0.850 bits per heavy atom. The second-order valence-corrected chi connectivity index (χ2v) is 10.2. The fourth-order valence-electron chi connectivity index (χ4n) is 5.72. The lowest BCUT2D eigenvalue weighted by Crippen LogP contribution is -2.44. The van der Waals surface area contributed by atoms with Gasteiger partial charge in [0.2, 0.25) is 5.91 Å². The minimum Gasteiger partial charge on any atom is -0.381 e. The van der Waals surface area contributed by atoms with Crippen LogP contribution in [0.2, 0.25) is 0 Å². The van der Waals surface area contributed by atoms with Crippen molar-refractivity contribution in [1.29, 1.82) is 0 Å². The molecule has 2 aromatic rings. The van der Waals surface area contributed by atoms with Crippen molar-refractivity contribution in [3.05, 3.63) is 65.0 Å². The molecule has 3 aliphatic heterocycles. The number of benzene rings is 2. The third-order valence-corrected chi connectivity index (χ3v) is 7.79. The summed E-state index contributed by atoms with van der Waals surface area (Å²) in [6.45, 7) is 1.15. The van der Waals surface area contributed by atoms with Crippen molar-refractivity contribution in [3.8, 4) is 0 Å². The van der Waals surface area contributed by atoms with Gasteiger partial charge in [0.1, 0.15) is 5.82 Å². The second-order valence-electron chi connectivity index (χ2n) is 10.2. The van der Waals surface area contributed by atoms with E-state index in [0.29, 0.717) is 43.8 Å². The Labute approximate surface area is 225 Å². The summed E-state index contributed by atoms with van der Waals surface area (Å²) >= 11 is 0. The van der Waals surface area contributed by atoms with Gasteiger partial charge in [-0.05, 0) is 48.7 Å². The number of ether oxygens (including phenoxy) is 1. The van der Waals surface area contributed by atoms with Crippen molar-refractivity contribution in [3.63, 3.8) is 0 Å². The number of amides is 3. The molecule has 216 valence electrons. The molecule has 0 N–H and O–H groups in total. The number of nitrogens with zero attached hydrogens (tertiary/aromatic N) is 3. The molecule has 3 aliphatic rings. The van der Waals surface area contributed by atoms with Gasteiger partial charge in [-0.2, -0.15) is 26.3 Å². The van der Waals surface area contributed by atoms with E-state index < -0.39 is 53.0 Å². The van der Waals surface area contributed by atoms with Crippen LogP contribution in [-0.2, 0) is 21.9 Å². The van der Waals surface area contributed by atoms with Crippen LogP contribution in [0.25, 0.3) is 0 Å². The maximum Gasteiger partial charge on any atom is 0.416 e. The van der Waals surface area contributed by atoms with Crippen LogP contribution in [0.4, 0.5) is 41.2 Å². The second kappa shape index (κ2) is 10.6. The fourth-order valence-corrected chi connectivity index (χ4v) is 5.72. The van der Waals surface area contributed by atoms with Crippen LogP contribution in [0.5, 0.6) is 0 Å². The molecular weight excluding hydrogens is 547 g/mol. The molecule has 13 heteroatoms. The van der Waals surface area contributed by atoms with Crippen LogP contribution in [0.3, 0.4) is 0 Å². The first kappa shape index (κ1) is 28.2. The molecule has 3 amide bonds. The molecule has 0 aliphatic carbocycles. The van der Waals surface area contributed by atoms with Gasteiger partial charge in [-0.3, -0.25) is 9.69 Å². The monoisotopic (exact) mass is 573 g/mol. The van der Waals surface area contributed by atoms with Crippen LogP contribution in [0, 0.1) is 11.7 Å². The van der Waals surface area contributed by atoms with Crippen molar-refractivity contribution < 1.29 is 45.1 Å². The van der Waals surface area contributed by atoms with Crippen molar-refractivity contribution >= 4 is 17.6 Å². The largest absolute Gasteiger partial charge is 0.416 e. The minimum absolute atomic E-state index is 0.0170. The number of likely N-dealkylation sites (tertiary alicyclic amines) is 1. The fraction of sp³-hybridized carbons (Fsp3) is 0.481. The average Bonchev–Trinajstić information content (AvgIpc) is 3.51. The highest BCUT2D eigenvalue weighted by Crippen LogP contribution is 2.40. The maximum atomic E-state index is 13.6. The highest BCUT2D eigenvalue weighted by Gasteiger charge is 2.46. The van der Waals surface area contributed by atoms with Crippen molar-refractivity contribution in [2.75, 3.05) is 44.3 Å². The molecule has 5 rings (SSSR count). The van der Waals surface area contributed by atoms with Crippen molar-refractivity contribution in [1.82, 2.24) is 9.80 Å². The average molecular weight is 574 g/mol. The van der Waals surface area contributed by atoms with Gasteiger partial charge in [0.15, 0.2) is 0 Å². The first-order valence-electron chi connectivity index (χ1n) is 12.8. The molecular formula is C27H26F7N3O3. The number of alkyl halides is 6. The molecule has 40 heavy (non-hydrogen) atoms. The summed E-state index contributed by atoms with van der Waals surface area (Å²) in [6, 6.07) is 5.33. The summed E-state index contributed by atoms with van der Waals surface area (Å²) in [5.74, 6) is -1.26. The van der Waals surface area contributed by atoms with Crippen molar-refractivity contribution in [2.24, 2.45) is 5.92 Å². The summed E-state index contributed by atoms with van der Waals surface area (Å²) in [7, 11) is 0. The Morgan fingerprint density at radius 3 is 2.02 bits per heavy atom.